The summed E-state index contributed by atoms with van der Waals surface area (Å²) in [6.45, 7) is 4.37. The van der Waals surface area contributed by atoms with Gasteiger partial charge in [0.15, 0.2) is 0 Å². The molecule has 0 aliphatic heterocycles. The SMILES string of the molecule is CC#CCO[C@H](C)c1ccc2ccccc2c1. The Kier molecular flexibility index (Phi) is 3.80. The number of fused-ring (bicyclic) bond motifs is 1. The van der Waals surface area contributed by atoms with Gasteiger partial charge in [0.1, 0.15) is 6.61 Å². The fourth-order valence-electron chi connectivity index (χ4n) is 1.80. The first-order valence-electron chi connectivity index (χ1n) is 5.81. The third-order valence-electron chi connectivity index (χ3n) is 2.83. The lowest BCUT2D eigenvalue weighted by atomic mass is 10.0. The molecule has 0 unspecified atom stereocenters. The summed E-state index contributed by atoms with van der Waals surface area (Å²) in [7, 11) is 0. The van der Waals surface area contributed by atoms with Gasteiger partial charge < -0.3 is 4.74 Å². The van der Waals surface area contributed by atoms with Crippen molar-refractivity contribution < 1.29 is 4.74 Å². The largest absolute Gasteiger partial charge is 0.361 e. The van der Waals surface area contributed by atoms with Gasteiger partial charge >= 0.3 is 0 Å². The van der Waals surface area contributed by atoms with Crippen LogP contribution in [0.1, 0.15) is 25.5 Å². The Morgan fingerprint density at radius 2 is 1.88 bits per heavy atom. The molecule has 0 saturated carbocycles. The zero-order valence-corrected chi connectivity index (χ0v) is 10.2. The molecular weight excluding hydrogens is 208 g/mol. The lowest BCUT2D eigenvalue weighted by molar-refractivity contribution is 0.0927. The predicted molar refractivity (Wildman–Crippen MR) is 71.8 cm³/mol. The summed E-state index contributed by atoms with van der Waals surface area (Å²) < 4.78 is 5.64. The van der Waals surface area contributed by atoms with Gasteiger partial charge in [0.2, 0.25) is 0 Å². The Labute approximate surface area is 102 Å². The van der Waals surface area contributed by atoms with Crippen LogP contribution in [0.4, 0.5) is 0 Å². The standard InChI is InChI=1S/C16H16O/c1-3-4-11-17-13(2)15-10-9-14-7-5-6-8-16(14)12-15/h5-10,12-13H,11H2,1-2H3/t13-/m1/s1. The molecule has 0 aliphatic carbocycles. The highest BCUT2D eigenvalue weighted by Gasteiger charge is 2.05. The minimum Gasteiger partial charge on any atom is -0.361 e. The maximum absolute atomic E-state index is 5.64. The van der Waals surface area contributed by atoms with E-state index in [2.05, 4.69) is 61.2 Å². The molecule has 0 amide bonds. The van der Waals surface area contributed by atoms with Gasteiger partial charge in [0, 0.05) is 0 Å². The van der Waals surface area contributed by atoms with Crippen molar-refractivity contribution in [3.63, 3.8) is 0 Å². The highest BCUT2D eigenvalue weighted by molar-refractivity contribution is 5.83. The Morgan fingerprint density at radius 1 is 1.12 bits per heavy atom. The van der Waals surface area contributed by atoms with Gasteiger partial charge in [-0.1, -0.05) is 42.3 Å². The lowest BCUT2D eigenvalue weighted by Gasteiger charge is -2.12. The predicted octanol–water partition coefficient (Wildman–Crippen LogP) is 3.94. The second-order valence-corrected chi connectivity index (χ2v) is 3.99. The first-order valence-corrected chi connectivity index (χ1v) is 5.81. The van der Waals surface area contributed by atoms with Crippen molar-refractivity contribution in [3.05, 3.63) is 48.0 Å². The van der Waals surface area contributed by atoms with Gasteiger partial charge in [-0.2, -0.15) is 0 Å². The summed E-state index contributed by atoms with van der Waals surface area (Å²) in [5.41, 5.74) is 1.20. The van der Waals surface area contributed by atoms with Crippen molar-refractivity contribution in [2.24, 2.45) is 0 Å². The highest BCUT2D eigenvalue weighted by Crippen LogP contribution is 2.22. The van der Waals surface area contributed by atoms with Crippen molar-refractivity contribution >= 4 is 10.8 Å². The topological polar surface area (TPSA) is 9.23 Å². The molecular formula is C16H16O. The summed E-state index contributed by atoms with van der Waals surface area (Å²) in [5.74, 6) is 5.74. The van der Waals surface area contributed by atoms with Gasteiger partial charge in [0.25, 0.3) is 0 Å². The molecule has 0 heterocycles. The van der Waals surface area contributed by atoms with Gasteiger partial charge in [-0.25, -0.2) is 0 Å². The van der Waals surface area contributed by atoms with E-state index in [1.807, 2.05) is 6.92 Å². The number of hydrogen-bond acceptors (Lipinski definition) is 1. The smallest absolute Gasteiger partial charge is 0.108 e. The van der Waals surface area contributed by atoms with E-state index in [9.17, 15) is 0 Å². The molecule has 0 saturated heterocycles. The molecule has 0 aliphatic rings. The second kappa shape index (κ2) is 5.52. The monoisotopic (exact) mass is 224 g/mol. The van der Waals surface area contributed by atoms with E-state index in [-0.39, 0.29) is 6.10 Å². The van der Waals surface area contributed by atoms with Crippen LogP contribution in [0.5, 0.6) is 0 Å². The summed E-state index contributed by atoms with van der Waals surface area (Å²) in [6, 6.07) is 14.8. The van der Waals surface area contributed by atoms with Crippen LogP contribution in [0.3, 0.4) is 0 Å². The Hall–Kier alpha value is -1.78. The van der Waals surface area contributed by atoms with Crippen LogP contribution in [0.2, 0.25) is 0 Å². The van der Waals surface area contributed by atoms with Crippen LogP contribution in [-0.4, -0.2) is 6.61 Å². The molecule has 17 heavy (non-hydrogen) atoms. The van der Waals surface area contributed by atoms with Crippen LogP contribution < -0.4 is 0 Å². The molecule has 0 spiro atoms. The lowest BCUT2D eigenvalue weighted by Crippen LogP contribution is -2.00. The van der Waals surface area contributed by atoms with Crippen molar-refractivity contribution in [2.45, 2.75) is 20.0 Å². The van der Waals surface area contributed by atoms with Crippen molar-refractivity contribution in [2.75, 3.05) is 6.61 Å². The van der Waals surface area contributed by atoms with E-state index >= 15 is 0 Å². The third-order valence-corrected chi connectivity index (χ3v) is 2.83. The molecule has 0 bridgehead atoms. The van der Waals surface area contributed by atoms with Crippen LogP contribution >= 0.6 is 0 Å². The van der Waals surface area contributed by atoms with E-state index in [0.29, 0.717) is 6.61 Å². The Balaban J connectivity index is 2.19. The van der Waals surface area contributed by atoms with Crippen LogP contribution in [0.25, 0.3) is 10.8 Å². The number of ether oxygens (including phenoxy) is 1. The van der Waals surface area contributed by atoms with Gasteiger partial charge in [0.05, 0.1) is 6.10 Å². The maximum Gasteiger partial charge on any atom is 0.108 e. The molecule has 2 aromatic carbocycles. The van der Waals surface area contributed by atoms with Crippen LogP contribution in [0, 0.1) is 11.8 Å². The molecule has 0 fully saturated rings. The normalized spacial score (nSPS) is 11.9. The fourth-order valence-corrected chi connectivity index (χ4v) is 1.80. The van der Waals surface area contributed by atoms with Crippen molar-refractivity contribution in [1.29, 1.82) is 0 Å². The highest BCUT2D eigenvalue weighted by atomic mass is 16.5. The molecule has 2 aromatic rings. The molecule has 1 nitrogen and oxygen atoms in total. The summed E-state index contributed by atoms with van der Waals surface area (Å²) >= 11 is 0. The van der Waals surface area contributed by atoms with E-state index < -0.39 is 0 Å². The molecule has 0 aromatic heterocycles. The van der Waals surface area contributed by atoms with E-state index in [1.165, 1.54) is 16.3 Å². The minimum atomic E-state index is 0.0838. The molecule has 2 rings (SSSR count). The Morgan fingerprint density at radius 3 is 2.65 bits per heavy atom. The third kappa shape index (κ3) is 2.87. The quantitative estimate of drug-likeness (QED) is 0.717. The molecule has 0 N–H and O–H groups in total. The summed E-state index contributed by atoms with van der Waals surface area (Å²) in [5, 5.41) is 2.51. The second-order valence-electron chi connectivity index (χ2n) is 3.99. The number of rotatable bonds is 3. The number of benzene rings is 2. The first-order chi connectivity index (χ1) is 8.31. The van der Waals surface area contributed by atoms with Gasteiger partial charge in [-0.3, -0.25) is 0 Å². The zero-order chi connectivity index (χ0) is 12.1. The van der Waals surface area contributed by atoms with E-state index in [0.717, 1.165) is 0 Å². The molecule has 1 atom stereocenters. The fraction of sp³-hybridized carbons (Fsp3) is 0.250. The van der Waals surface area contributed by atoms with Crippen LogP contribution in [0.15, 0.2) is 42.5 Å². The van der Waals surface area contributed by atoms with Crippen molar-refractivity contribution in [3.8, 4) is 11.8 Å². The average Bonchev–Trinajstić information content (AvgIpc) is 2.38. The van der Waals surface area contributed by atoms with Crippen molar-refractivity contribution in [1.82, 2.24) is 0 Å². The maximum atomic E-state index is 5.64. The van der Waals surface area contributed by atoms with E-state index in [4.69, 9.17) is 4.74 Å². The summed E-state index contributed by atoms with van der Waals surface area (Å²) in [4.78, 5) is 0. The summed E-state index contributed by atoms with van der Waals surface area (Å²) in [6.07, 6.45) is 0.0838. The first kappa shape index (κ1) is 11.7. The van der Waals surface area contributed by atoms with Gasteiger partial charge in [-0.05, 0) is 36.2 Å². The molecule has 1 heteroatoms. The zero-order valence-electron chi connectivity index (χ0n) is 10.2. The van der Waals surface area contributed by atoms with E-state index in [1.54, 1.807) is 0 Å². The number of hydrogen-bond donors (Lipinski definition) is 0. The van der Waals surface area contributed by atoms with Crippen LogP contribution in [-0.2, 0) is 4.74 Å². The molecule has 0 radical (unpaired) electrons. The van der Waals surface area contributed by atoms with Gasteiger partial charge in [-0.15, -0.1) is 5.92 Å². The minimum absolute atomic E-state index is 0.0838. The molecule has 86 valence electrons. The average molecular weight is 224 g/mol. The Bertz CT molecular complexity index is 560.